The fourth-order valence-corrected chi connectivity index (χ4v) is 3.99. The van der Waals surface area contributed by atoms with E-state index in [2.05, 4.69) is 65.6 Å². The highest BCUT2D eigenvalue weighted by atomic mass is 127. The Labute approximate surface area is 176 Å². The normalized spacial score (nSPS) is 11.1. The number of rotatable bonds is 8. The van der Waals surface area contributed by atoms with Crippen molar-refractivity contribution in [3.05, 3.63) is 45.9 Å². The van der Waals surface area contributed by atoms with Crippen molar-refractivity contribution in [3.63, 3.8) is 0 Å². The molecule has 1 aromatic carbocycles. The summed E-state index contributed by atoms with van der Waals surface area (Å²) in [5, 5.41) is 7.84. The summed E-state index contributed by atoms with van der Waals surface area (Å²) in [4.78, 5) is 11.8. The Balaban J connectivity index is 0.00000312. The van der Waals surface area contributed by atoms with Crippen LogP contribution in [0.3, 0.4) is 0 Å². The monoisotopic (exact) mass is 490 g/mol. The SMILES string of the molecule is CCNC(=NCCc1sc(C)nc1C)NCCSc1ccccc1.I. The number of hydrogen-bond donors (Lipinski definition) is 2. The Hall–Kier alpha value is -0.800. The highest BCUT2D eigenvalue weighted by Crippen LogP contribution is 2.17. The van der Waals surface area contributed by atoms with Crippen molar-refractivity contribution >= 4 is 53.0 Å². The van der Waals surface area contributed by atoms with Crippen LogP contribution in [0.1, 0.15) is 22.5 Å². The van der Waals surface area contributed by atoms with Gasteiger partial charge in [-0.05, 0) is 32.9 Å². The second-order valence-corrected chi connectivity index (χ2v) is 7.80. The first-order valence-corrected chi connectivity index (χ1v) is 10.1. The summed E-state index contributed by atoms with van der Waals surface area (Å²) >= 11 is 3.63. The van der Waals surface area contributed by atoms with Gasteiger partial charge in [-0.2, -0.15) is 0 Å². The molecule has 2 aromatic rings. The van der Waals surface area contributed by atoms with Gasteiger partial charge in [0.1, 0.15) is 0 Å². The molecule has 1 heterocycles. The fraction of sp³-hybridized carbons (Fsp3) is 0.444. The number of thiazole rings is 1. The molecule has 2 N–H and O–H groups in total. The van der Waals surface area contributed by atoms with E-state index in [4.69, 9.17) is 0 Å². The lowest BCUT2D eigenvalue weighted by Crippen LogP contribution is -2.38. The van der Waals surface area contributed by atoms with Crippen LogP contribution in [-0.2, 0) is 6.42 Å². The summed E-state index contributed by atoms with van der Waals surface area (Å²) in [5.41, 5.74) is 1.14. The molecule has 0 fully saturated rings. The zero-order valence-corrected chi connectivity index (χ0v) is 19.0. The van der Waals surface area contributed by atoms with Crippen LogP contribution in [0.25, 0.3) is 0 Å². The molecular weight excluding hydrogens is 463 g/mol. The number of thioether (sulfide) groups is 1. The van der Waals surface area contributed by atoms with E-state index in [1.807, 2.05) is 17.8 Å². The van der Waals surface area contributed by atoms with Crippen molar-refractivity contribution < 1.29 is 0 Å². The van der Waals surface area contributed by atoms with Gasteiger partial charge >= 0.3 is 0 Å². The van der Waals surface area contributed by atoms with Crippen LogP contribution in [0.5, 0.6) is 0 Å². The van der Waals surface area contributed by atoms with E-state index in [-0.39, 0.29) is 24.0 Å². The summed E-state index contributed by atoms with van der Waals surface area (Å²) in [6, 6.07) is 10.5. The predicted octanol–water partition coefficient (Wildman–Crippen LogP) is 4.27. The summed E-state index contributed by atoms with van der Waals surface area (Å²) < 4.78 is 0. The summed E-state index contributed by atoms with van der Waals surface area (Å²) in [5.74, 6) is 1.91. The number of aromatic nitrogens is 1. The Morgan fingerprint density at radius 2 is 1.96 bits per heavy atom. The van der Waals surface area contributed by atoms with Gasteiger partial charge in [-0.3, -0.25) is 4.99 Å². The largest absolute Gasteiger partial charge is 0.357 e. The van der Waals surface area contributed by atoms with E-state index in [9.17, 15) is 0 Å². The smallest absolute Gasteiger partial charge is 0.191 e. The third-order valence-electron chi connectivity index (χ3n) is 3.36. The third-order valence-corrected chi connectivity index (χ3v) is 5.51. The molecule has 0 saturated heterocycles. The number of aryl methyl sites for hydroxylation is 2. The fourth-order valence-electron chi connectivity index (χ4n) is 2.27. The topological polar surface area (TPSA) is 49.3 Å². The van der Waals surface area contributed by atoms with Crippen LogP contribution in [0.2, 0.25) is 0 Å². The molecule has 138 valence electrons. The van der Waals surface area contributed by atoms with E-state index < -0.39 is 0 Å². The first kappa shape index (κ1) is 22.2. The summed E-state index contributed by atoms with van der Waals surface area (Å²) in [6.07, 6.45) is 0.951. The van der Waals surface area contributed by atoms with Crippen LogP contribution in [-0.4, -0.2) is 36.3 Å². The number of aliphatic imine (C=N–C) groups is 1. The molecule has 1 aromatic heterocycles. The molecular formula is C18H27IN4S2. The summed E-state index contributed by atoms with van der Waals surface area (Å²) in [6.45, 7) is 8.77. The van der Waals surface area contributed by atoms with Gasteiger partial charge in [0.2, 0.25) is 0 Å². The first-order valence-electron chi connectivity index (χ1n) is 8.32. The predicted molar refractivity (Wildman–Crippen MR) is 122 cm³/mol. The van der Waals surface area contributed by atoms with Crippen molar-refractivity contribution in [3.8, 4) is 0 Å². The molecule has 25 heavy (non-hydrogen) atoms. The Morgan fingerprint density at radius 3 is 2.60 bits per heavy atom. The third kappa shape index (κ3) is 8.42. The van der Waals surface area contributed by atoms with Gasteiger partial charge in [0.25, 0.3) is 0 Å². The van der Waals surface area contributed by atoms with Crippen molar-refractivity contribution in [1.82, 2.24) is 15.6 Å². The van der Waals surface area contributed by atoms with Crippen LogP contribution in [0.15, 0.2) is 40.2 Å². The molecule has 0 saturated carbocycles. The van der Waals surface area contributed by atoms with Crippen LogP contribution >= 0.6 is 47.1 Å². The second kappa shape index (κ2) is 12.5. The van der Waals surface area contributed by atoms with Crippen molar-refractivity contribution in [2.75, 3.05) is 25.4 Å². The van der Waals surface area contributed by atoms with E-state index in [0.717, 1.165) is 48.5 Å². The number of nitrogens with one attached hydrogen (secondary N) is 2. The van der Waals surface area contributed by atoms with E-state index in [1.165, 1.54) is 9.77 Å². The lowest BCUT2D eigenvalue weighted by molar-refractivity contribution is 0.837. The van der Waals surface area contributed by atoms with Gasteiger partial charge in [0, 0.05) is 41.6 Å². The maximum absolute atomic E-state index is 4.67. The van der Waals surface area contributed by atoms with Gasteiger partial charge in [-0.15, -0.1) is 47.1 Å². The van der Waals surface area contributed by atoms with Crippen LogP contribution < -0.4 is 10.6 Å². The molecule has 0 bridgehead atoms. The number of halogens is 1. The molecule has 0 radical (unpaired) electrons. The van der Waals surface area contributed by atoms with E-state index in [1.54, 1.807) is 11.3 Å². The van der Waals surface area contributed by atoms with Crippen LogP contribution in [0, 0.1) is 13.8 Å². The van der Waals surface area contributed by atoms with Gasteiger partial charge in [-0.25, -0.2) is 4.98 Å². The van der Waals surface area contributed by atoms with Gasteiger partial charge < -0.3 is 10.6 Å². The zero-order valence-electron chi connectivity index (χ0n) is 15.0. The highest BCUT2D eigenvalue weighted by molar-refractivity contribution is 14.0. The van der Waals surface area contributed by atoms with Crippen molar-refractivity contribution in [2.45, 2.75) is 32.1 Å². The minimum atomic E-state index is 0. The maximum Gasteiger partial charge on any atom is 0.191 e. The maximum atomic E-state index is 4.67. The number of benzene rings is 1. The highest BCUT2D eigenvalue weighted by Gasteiger charge is 2.04. The Bertz CT molecular complexity index is 644. The number of guanidine groups is 1. The Morgan fingerprint density at radius 1 is 1.20 bits per heavy atom. The minimum Gasteiger partial charge on any atom is -0.357 e. The van der Waals surface area contributed by atoms with Gasteiger partial charge in [0.05, 0.1) is 10.7 Å². The molecule has 0 aliphatic heterocycles. The molecule has 0 spiro atoms. The standard InChI is InChI=1S/C18H26N4S2.HI/c1-4-19-18(20-11-10-17-14(2)22-15(3)24-17)21-12-13-23-16-8-6-5-7-9-16;/h5-9H,4,10-13H2,1-3H3,(H2,19,20,21);1H. The number of hydrogen-bond acceptors (Lipinski definition) is 4. The van der Waals surface area contributed by atoms with Crippen molar-refractivity contribution in [1.29, 1.82) is 0 Å². The Kier molecular flexibility index (Phi) is 11.2. The molecule has 4 nitrogen and oxygen atoms in total. The second-order valence-electron chi connectivity index (χ2n) is 5.34. The minimum absolute atomic E-state index is 0. The number of nitrogens with zero attached hydrogens (tertiary/aromatic N) is 2. The molecule has 0 amide bonds. The lowest BCUT2D eigenvalue weighted by Gasteiger charge is -2.11. The molecule has 2 rings (SSSR count). The first-order chi connectivity index (χ1) is 11.7. The van der Waals surface area contributed by atoms with Gasteiger partial charge in [0.15, 0.2) is 5.96 Å². The molecule has 0 atom stereocenters. The molecule has 0 aliphatic rings. The average Bonchev–Trinajstić information content (AvgIpc) is 2.90. The molecule has 0 unspecified atom stereocenters. The summed E-state index contributed by atoms with van der Waals surface area (Å²) in [7, 11) is 0. The lowest BCUT2D eigenvalue weighted by atomic mass is 10.3. The van der Waals surface area contributed by atoms with E-state index in [0.29, 0.717) is 0 Å². The van der Waals surface area contributed by atoms with Crippen LogP contribution in [0.4, 0.5) is 0 Å². The quantitative estimate of drug-likeness (QED) is 0.191. The zero-order chi connectivity index (χ0) is 17.2. The average molecular weight is 490 g/mol. The molecule has 7 heteroatoms. The van der Waals surface area contributed by atoms with Gasteiger partial charge in [-0.1, -0.05) is 18.2 Å². The van der Waals surface area contributed by atoms with Crippen molar-refractivity contribution in [2.24, 2.45) is 4.99 Å². The molecule has 0 aliphatic carbocycles. The van der Waals surface area contributed by atoms with E-state index >= 15 is 0 Å².